The van der Waals surface area contributed by atoms with Gasteiger partial charge >= 0.3 is 0 Å². The monoisotopic (exact) mass is 352 g/mol. The van der Waals surface area contributed by atoms with Crippen LogP contribution in [0.2, 0.25) is 18.1 Å². The molecule has 0 aromatic rings. The minimum absolute atomic E-state index is 0.221. The highest BCUT2D eigenvalue weighted by Gasteiger charge is 2.36. The minimum Gasteiger partial charge on any atom is -0.413 e. The highest BCUT2D eigenvalue weighted by atomic mass is 28.4. The molecule has 0 saturated carbocycles. The summed E-state index contributed by atoms with van der Waals surface area (Å²) in [6, 6.07) is 0. The van der Waals surface area contributed by atoms with Gasteiger partial charge in [-0.05, 0) is 70.7 Å². The number of allylic oxidation sites excluding steroid dienone is 3. The first-order chi connectivity index (χ1) is 10.9. The zero-order chi connectivity index (χ0) is 19.0. The van der Waals surface area contributed by atoms with Gasteiger partial charge in [0.25, 0.3) is 0 Å². The molecular weight excluding hydrogens is 312 g/mol. The van der Waals surface area contributed by atoms with Crippen molar-refractivity contribution in [2.45, 2.75) is 92.0 Å². The van der Waals surface area contributed by atoms with E-state index in [1.807, 2.05) is 13.0 Å². The summed E-state index contributed by atoms with van der Waals surface area (Å²) in [6.07, 6.45) is 8.88. The van der Waals surface area contributed by atoms with Crippen LogP contribution in [0, 0.1) is 0 Å². The zero-order valence-corrected chi connectivity index (χ0v) is 18.5. The van der Waals surface area contributed by atoms with Crippen LogP contribution in [-0.4, -0.2) is 26.1 Å². The quantitative estimate of drug-likeness (QED) is 0.384. The Morgan fingerprint density at radius 2 is 1.62 bits per heavy atom. The summed E-state index contributed by atoms with van der Waals surface area (Å²) in [5.74, 6) is 0. The fraction of sp³-hybridized carbons (Fsp3) is 0.714. The normalized spacial score (nSPS) is 15.4. The van der Waals surface area contributed by atoms with Gasteiger partial charge < -0.3 is 9.53 Å². The van der Waals surface area contributed by atoms with Crippen molar-refractivity contribution in [1.82, 2.24) is 0 Å². The van der Waals surface area contributed by atoms with Gasteiger partial charge in [-0.2, -0.15) is 0 Å². The standard InChI is InChI=1S/C21H40O2Si/c1-17(2)11-10-12-18(3)13-14-20(22)19(4)15-16-23-24(8,9)21(5,6)7/h11,13,15,20,22H,10,12,14,16H2,1-9H3/b18-13+,19-15+. The highest BCUT2D eigenvalue weighted by molar-refractivity contribution is 6.74. The predicted octanol–water partition coefficient (Wildman–Crippen LogP) is 6.40. The molecule has 0 aliphatic heterocycles. The highest BCUT2D eigenvalue weighted by Crippen LogP contribution is 2.36. The second-order valence-corrected chi connectivity index (χ2v) is 13.5. The summed E-state index contributed by atoms with van der Waals surface area (Å²) in [5.41, 5.74) is 3.71. The molecule has 0 bridgehead atoms. The Morgan fingerprint density at radius 3 is 2.12 bits per heavy atom. The first kappa shape index (κ1) is 23.4. The molecule has 1 N–H and O–H groups in total. The SMILES string of the molecule is CC(C)=CCC/C(C)=C/CC(O)/C(C)=C/CO[Si](C)(C)C(C)(C)C. The Bertz CT molecular complexity index is 461. The molecule has 0 rings (SSSR count). The average Bonchev–Trinajstić information content (AvgIpc) is 2.42. The summed E-state index contributed by atoms with van der Waals surface area (Å²) >= 11 is 0. The van der Waals surface area contributed by atoms with Crippen LogP contribution in [0.25, 0.3) is 0 Å². The van der Waals surface area contributed by atoms with E-state index in [2.05, 4.69) is 66.8 Å². The molecule has 2 nitrogen and oxygen atoms in total. The smallest absolute Gasteiger partial charge is 0.192 e. The lowest BCUT2D eigenvalue weighted by atomic mass is 10.0. The molecule has 1 unspecified atom stereocenters. The predicted molar refractivity (Wildman–Crippen MR) is 110 cm³/mol. The molecule has 0 aromatic carbocycles. The van der Waals surface area contributed by atoms with Crippen LogP contribution in [-0.2, 0) is 4.43 Å². The van der Waals surface area contributed by atoms with E-state index in [-0.39, 0.29) is 5.04 Å². The van der Waals surface area contributed by atoms with E-state index in [1.165, 1.54) is 11.1 Å². The molecule has 140 valence electrons. The maximum absolute atomic E-state index is 10.3. The second-order valence-electron chi connectivity index (χ2n) is 8.64. The Balaban J connectivity index is 4.41. The molecule has 3 heteroatoms. The number of aliphatic hydroxyl groups excluding tert-OH is 1. The summed E-state index contributed by atoms with van der Waals surface area (Å²) in [7, 11) is -1.71. The molecule has 0 saturated heterocycles. The first-order valence-electron chi connectivity index (χ1n) is 9.14. The summed E-state index contributed by atoms with van der Waals surface area (Å²) in [4.78, 5) is 0. The minimum atomic E-state index is -1.71. The van der Waals surface area contributed by atoms with E-state index in [1.54, 1.807) is 0 Å². The fourth-order valence-electron chi connectivity index (χ4n) is 1.92. The van der Waals surface area contributed by atoms with Crippen LogP contribution >= 0.6 is 0 Å². The number of hydrogen-bond donors (Lipinski definition) is 1. The van der Waals surface area contributed by atoms with Crippen molar-refractivity contribution >= 4 is 8.32 Å². The van der Waals surface area contributed by atoms with Gasteiger partial charge in [-0.3, -0.25) is 0 Å². The molecule has 0 aliphatic carbocycles. The van der Waals surface area contributed by atoms with Crippen LogP contribution in [0.1, 0.15) is 67.7 Å². The van der Waals surface area contributed by atoms with Gasteiger partial charge in [-0.15, -0.1) is 0 Å². The number of hydrogen-bond acceptors (Lipinski definition) is 2. The molecule has 24 heavy (non-hydrogen) atoms. The second kappa shape index (κ2) is 10.4. The third-order valence-corrected chi connectivity index (χ3v) is 9.46. The molecule has 0 heterocycles. The summed E-state index contributed by atoms with van der Waals surface area (Å²) < 4.78 is 6.15. The Kier molecular flexibility index (Phi) is 10.1. The van der Waals surface area contributed by atoms with E-state index >= 15 is 0 Å². The van der Waals surface area contributed by atoms with Crippen molar-refractivity contribution in [3.63, 3.8) is 0 Å². The van der Waals surface area contributed by atoms with Crippen molar-refractivity contribution in [3.8, 4) is 0 Å². The Morgan fingerprint density at radius 1 is 1.04 bits per heavy atom. The largest absolute Gasteiger partial charge is 0.413 e. The molecule has 0 spiro atoms. The van der Waals surface area contributed by atoms with Crippen LogP contribution in [0.15, 0.2) is 34.9 Å². The zero-order valence-electron chi connectivity index (χ0n) is 17.5. The lowest BCUT2D eigenvalue weighted by Gasteiger charge is -2.35. The van der Waals surface area contributed by atoms with Gasteiger partial charge in [-0.1, -0.05) is 50.1 Å². The molecule has 1 atom stereocenters. The Labute approximate surface area is 151 Å². The number of rotatable bonds is 9. The lowest BCUT2D eigenvalue weighted by molar-refractivity contribution is 0.212. The summed E-state index contributed by atoms with van der Waals surface area (Å²) in [6.45, 7) is 20.2. The van der Waals surface area contributed by atoms with Gasteiger partial charge in [0.15, 0.2) is 8.32 Å². The van der Waals surface area contributed by atoms with Crippen LogP contribution in [0.4, 0.5) is 0 Å². The molecule has 0 aromatic heterocycles. The van der Waals surface area contributed by atoms with Crippen LogP contribution < -0.4 is 0 Å². The third kappa shape index (κ3) is 9.60. The maximum Gasteiger partial charge on any atom is 0.192 e. The lowest BCUT2D eigenvalue weighted by Crippen LogP contribution is -2.40. The van der Waals surface area contributed by atoms with E-state index in [9.17, 15) is 5.11 Å². The van der Waals surface area contributed by atoms with E-state index in [0.29, 0.717) is 13.0 Å². The van der Waals surface area contributed by atoms with Crippen molar-refractivity contribution in [2.24, 2.45) is 0 Å². The molecular formula is C21H40O2Si. The van der Waals surface area contributed by atoms with E-state index in [4.69, 9.17) is 4.43 Å². The van der Waals surface area contributed by atoms with Gasteiger partial charge in [0, 0.05) is 0 Å². The van der Waals surface area contributed by atoms with E-state index < -0.39 is 14.4 Å². The maximum atomic E-state index is 10.3. The molecule has 0 radical (unpaired) electrons. The Hall–Kier alpha value is -0.643. The van der Waals surface area contributed by atoms with Gasteiger partial charge in [0.2, 0.25) is 0 Å². The summed E-state index contributed by atoms with van der Waals surface area (Å²) in [5, 5.41) is 10.5. The van der Waals surface area contributed by atoms with Crippen molar-refractivity contribution in [2.75, 3.05) is 6.61 Å². The van der Waals surface area contributed by atoms with Gasteiger partial charge in [-0.25, -0.2) is 0 Å². The average molecular weight is 353 g/mol. The molecule has 0 amide bonds. The van der Waals surface area contributed by atoms with Crippen molar-refractivity contribution in [1.29, 1.82) is 0 Å². The molecule has 0 fully saturated rings. The van der Waals surface area contributed by atoms with Crippen LogP contribution in [0.5, 0.6) is 0 Å². The third-order valence-electron chi connectivity index (χ3n) is 4.96. The van der Waals surface area contributed by atoms with Crippen LogP contribution in [0.3, 0.4) is 0 Å². The van der Waals surface area contributed by atoms with Gasteiger partial charge in [0.1, 0.15) is 0 Å². The van der Waals surface area contributed by atoms with E-state index in [0.717, 1.165) is 18.4 Å². The van der Waals surface area contributed by atoms with Gasteiger partial charge in [0.05, 0.1) is 12.7 Å². The number of aliphatic hydroxyl groups is 1. The fourth-order valence-corrected chi connectivity index (χ4v) is 2.86. The molecule has 0 aliphatic rings. The van der Waals surface area contributed by atoms with Crippen molar-refractivity contribution in [3.05, 3.63) is 34.9 Å². The van der Waals surface area contributed by atoms with Crippen molar-refractivity contribution < 1.29 is 9.53 Å². The first-order valence-corrected chi connectivity index (χ1v) is 12.1. The topological polar surface area (TPSA) is 29.5 Å².